The molecule has 160 valence electrons. The van der Waals surface area contributed by atoms with Gasteiger partial charge in [-0.3, -0.25) is 4.79 Å². The number of aromatic nitrogens is 1. The van der Waals surface area contributed by atoms with Gasteiger partial charge in [0.05, 0.1) is 5.56 Å². The molecule has 0 aliphatic rings. The van der Waals surface area contributed by atoms with E-state index in [1.165, 1.54) is 12.1 Å². The fourth-order valence-corrected chi connectivity index (χ4v) is 3.33. The van der Waals surface area contributed by atoms with E-state index in [1.807, 2.05) is 42.5 Å². The first kappa shape index (κ1) is 21.3. The Balaban J connectivity index is 1.52. The van der Waals surface area contributed by atoms with Crippen molar-refractivity contribution in [1.29, 1.82) is 0 Å². The molecule has 1 amide bonds. The largest absolute Gasteiger partial charge is 0.478 e. The molecular formula is C25H19ClN2O4. The highest BCUT2D eigenvalue weighted by molar-refractivity contribution is 6.30. The lowest BCUT2D eigenvalue weighted by molar-refractivity contribution is -0.116. The van der Waals surface area contributed by atoms with Gasteiger partial charge in [-0.25, -0.2) is 9.78 Å². The van der Waals surface area contributed by atoms with Crippen LogP contribution in [0.3, 0.4) is 0 Å². The van der Waals surface area contributed by atoms with E-state index in [9.17, 15) is 9.59 Å². The molecule has 1 heterocycles. The number of nitrogens with zero attached hydrogens (tertiary/aromatic N) is 1. The van der Waals surface area contributed by atoms with Crippen LogP contribution in [-0.4, -0.2) is 22.0 Å². The van der Waals surface area contributed by atoms with Gasteiger partial charge in [0.1, 0.15) is 11.5 Å². The minimum absolute atomic E-state index is 0.158. The van der Waals surface area contributed by atoms with Gasteiger partial charge in [-0.15, -0.1) is 0 Å². The van der Waals surface area contributed by atoms with Crippen LogP contribution in [0.5, 0.6) is 0 Å². The second-order valence-corrected chi connectivity index (χ2v) is 7.53. The Morgan fingerprint density at radius 1 is 0.906 bits per heavy atom. The zero-order valence-corrected chi connectivity index (χ0v) is 17.7. The number of carboxylic acids is 1. The van der Waals surface area contributed by atoms with Gasteiger partial charge >= 0.3 is 5.97 Å². The van der Waals surface area contributed by atoms with Crippen LogP contribution in [0.15, 0.2) is 83.3 Å². The van der Waals surface area contributed by atoms with Crippen LogP contribution in [0.25, 0.3) is 22.7 Å². The molecule has 6 nitrogen and oxygen atoms in total. The highest BCUT2D eigenvalue weighted by atomic mass is 35.5. The molecule has 4 aromatic rings. The normalized spacial score (nSPS) is 10.7. The number of aromatic carboxylic acids is 1. The Bertz CT molecular complexity index is 1230. The van der Waals surface area contributed by atoms with E-state index in [-0.39, 0.29) is 17.9 Å². The summed E-state index contributed by atoms with van der Waals surface area (Å²) in [7, 11) is 0. The molecule has 0 aliphatic heterocycles. The number of halogens is 1. The average Bonchev–Trinajstić information content (AvgIpc) is 3.23. The number of hydrogen-bond acceptors (Lipinski definition) is 4. The van der Waals surface area contributed by atoms with E-state index in [0.717, 1.165) is 11.1 Å². The number of carbonyl (C=O) groups excluding carboxylic acids is 1. The summed E-state index contributed by atoms with van der Waals surface area (Å²) in [5.74, 6) is -0.150. The van der Waals surface area contributed by atoms with Crippen molar-refractivity contribution in [2.75, 3.05) is 5.32 Å². The molecule has 1 aromatic heterocycles. The second kappa shape index (κ2) is 9.49. The van der Waals surface area contributed by atoms with Crippen LogP contribution in [-0.2, 0) is 11.2 Å². The highest BCUT2D eigenvalue weighted by Crippen LogP contribution is 2.30. The number of nitrogens with one attached hydrogen (secondary N) is 1. The summed E-state index contributed by atoms with van der Waals surface area (Å²) in [5.41, 5.74) is 3.04. The molecule has 0 saturated heterocycles. The molecule has 0 atom stereocenters. The summed E-state index contributed by atoms with van der Waals surface area (Å²) < 4.78 is 6.04. The molecule has 0 radical (unpaired) electrons. The standard InChI is InChI=1S/C25H19ClN2O4/c26-19-10-6-16(7-11-19)23-21(32-24(28-23)17-4-2-1-3-5-17)14-15-22(29)27-20-12-8-18(9-13-20)25(30)31/h1-13H,14-15H2,(H,27,29)(H,30,31). The van der Waals surface area contributed by atoms with Gasteiger partial charge in [-0.2, -0.15) is 0 Å². The smallest absolute Gasteiger partial charge is 0.335 e. The van der Waals surface area contributed by atoms with Crippen molar-refractivity contribution >= 4 is 29.2 Å². The quantitative estimate of drug-likeness (QED) is 0.367. The molecule has 0 spiro atoms. The monoisotopic (exact) mass is 446 g/mol. The van der Waals surface area contributed by atoms with Crippen LogP contribution in [0.4, 0.5) is 5.69 Å². The number of aryl methyl sites for hydroxylation is 1. The highest BCUT2D eigenvalue weighted by Gasteiger charge is 2.17. The summed E-state index contributed by atoms with van der Waals surface area (Å²) in [4.78, 5) is 28.1. The predicted molar refractivity (Wildman–Crippen MR) is 123 cm³/mol. The topological polar surface area (TPSA) is 92.4 Å². The van der Waals surface area contributed by atoms with E-state index < -0.39 is 5.97 Å². The van der Waals surface area contributed by atoms with Crippen molar-refractivity contribution in [1.82, 2.24) is 4.98 Å². The molecule has 0 bridgehead atoms. The fraction of sp³-hybridized carbons (Fsp3) is 0.0800. The Morgan fingerprint density at radius 2 is 1.59 bits per heavy atom. The zero-order chi connectivity index (χ0) is 22.5. The number of benzene rings is 3. The van der Waals surface area contributed by atoms with E-state index in [4.69, 9.17) is 21.1 Å². The maximum Gasteiger partial charge on any atom is 0.335 e. The molecule has 0 fully saturated rings. The minimum atomic E-state index is -1.02. The fourth-order valence-electron chi connectivity index (χ4n) is 3.21. The molecule has 2 N–H and O–H groups in total. The van der Waals surface area contributed by atoms with Gasteiger partial charge in [-0.1, -0.05) is 41.9 Å². The first-order valence-corrected chi connectivity index (χ1v) is 10.3. The van der Waals surface area contributed by atoms with Gasteiger partial charge in [-0.05, 0) is 48.5 Å². The minimum Gasteiger partial charge on any atom is -0.478 e. The molecule has 0 saturated carbocycles. The third-order valence-electron chi connectivity index (χ3n) is 4.83. The number of amides is 1. The van der Waals surface area contributed by atoms with Crippen LogP contribution in [0.2, 0.25) is 5.02 Å². The first-order chi connectivity index (χ1) is 15.5. The van der Waals surface area contributed by atoms with Crippen molar-refractivity contribution in [3.05, 3.63) is 95.2 Å². The van der Waals surface area contributed by atoms with Crippen molar-refractivity contribution in [2.24, 2.45) is 0 Å². The molecule has 7 heteroatoms. The zero-order valence-electron chi connectivity index (χ0n) is 16.9. The molecule has 4 rings (SSSR count). The third kappa shape index (κ3) is 5.04. The summed E-state index contributed by atoms with van der Waals surface area (Å²) in [6, 6.07) is 22.9. The number of anilines is 1. The van der Waals surface area contributed by atoms with Gasteiger partial charge in [0.2, 0.25) is 11.8 Å². The van der Waals surface area contributed by atoms with Crippen LogP contribution < -0.4 is 5.32 Å². The van der Waals surface area contributed by atoms with E-state index >= 15 is 0 Å². The maximum atomic E-state index is 12.5. The van der Waals surface area contributed by atoms with E-state index in [0.29, 0.717) is 34.5 Å². The lowest BCUT2D eigenvalue weighted by atomic mass is 10.1. The maximum absolute atomic E-state index is 12.5. The van der Waals surface area contributed by atoms with Gasteiger partial charge < -0.3 is 14.8 Å². The van der Waals surface area contributed by atoms with Crippen LogP contribution >= 0.6 is 11.6 Å². The Kier molecular flexibility index (Phi) is 6.33. The number of hydrogen-bond donors (Lipinski definition) is 2. The summed E-state index contributed by atoms with van der Waals surface area (Å²) in [6.45, 7) is 0. The summed E-state index contributed by atoms with van der Waals surface area (Å²) >= 11 is 6.02. The van der Waals surface area contributed by atoms with Crippen molar-refractivity contribution in [3.63, 3.8) is 0 Å². The van der Waals surface area contributed by atoms with Gasteiger partial charge in [0, 0.05) is 34.7 Å². The molecule has 32 heavy (non-hydrogen) atoms. The Labute approximate surface area is 189 Å². The first-order valence-electron chi connectivity index (χ1n) is 9.94. The Hall–Kier alpha value is -3.90. The van der Waals surface area contributed by atoms with Crippen LogP contribution in [0, 0.1) is 0 Å². The van der Waals surface area contributed by atoms with Gasteiger partial charge in [0.15, 0.2) is 0 Å². The number of carboxylic acid groups (broad SMARTS) is 1. The molecular weight excluding hydrogens is 428 g/mol. The lowest BCUT2D eigenvalue weighted by Crippen LogP contribution is -2.12. The van der Waals surface area contributed by atoms with Crippen molar-refractivity contribution in [3.8, 4) is 22.7 Å². The molecule has 3 aromatic carbocycles. The van der Waals surface area contributed by atoms with E-state index in [1.54, 1.807) is 24.3 Å². The third-order valence-corrected chi connectivity index (χ3v) is 5.08. The molecule has 0 aliphatic carbocycles. The Morgan fingerprint density at radius 3 is 2.25 bits per heavy atom. The number of rotatable bonds is 7. The second-order valence-electron chi connectivity index (χ2n) is 7.09. The predicted octanol–water partition coefficient (Wildman–Crippen LogP) is 5.93. The number of carbonyl (C=O) groups is 2. The number of oxazole rings is 1. The van der Waals surface area contributed by atoms with Crippen molar-refractivity contribution in [2.45, 2.75) is 12.8 Å². The lowest BCUT2D eigenvalue weighted by Gasteiger charge is -2.06. The van der Waals surface area contributed by atoms with Gasteiger partial charge in [0.25, 0.3) is 0 Å². The summed E-state index contributed by atoms with van der Waals surface area (Å²) in [6.07, 6.45) is 0.515. The summed E-state index contributed by atoms with van der Waals surface area (Å²) in [5, 5.41) is 12.4. The SMILES string of the molecule is O=C(CCc1oc(-c2ccccc2)nc1-c1ccc(Cl)cc1)Nc1ccc(C(=O)O)cc1. The van der Waals surface area contributed by atoms with Crippen LogP contribution in [0.1, 0.15) is 22.5 Å². The van der Waals surface area contributed by atoms with E-state index in [2.05, 4.69) is 10.3 Å². The van der Waals surface area contributed by atoms with Crippen molar-refractivity contribution < 1.29 is 19.1 Å². The molecule has 0 unspecified atom stereocenters. The average molecular weight is 447 g/mol.